The molecule has 0 aliphatic heterocycles. The fourth-order valence-corrected chi connectivity index (χ4v) is 7.01. The number of fused-ring (bicyclic) bond motifs is 6. The molecule has 46 heavy (non-hydrogen) atoms. The van der Waals surface area contributed by atoms with Gasteiger partial charge in [-0.1, -0.05) is 91.0 Å². The number of hydrogen-bond donors (Lipinski definition) is 0. The highest BCUT2D eigenvalue weighted by atomic mass is 15.0. The van der Waals surface area contributed by atoms with Crippen molar-refractivity contribution in [1.29, 1.82) is 5.26 Å². The second-order valence-corrected chi connectivity index (χ2v) is 11.7. The highest BCUT2D eigenvalue weighted by Crippen LogP contribution is 2.38. The van der Waals surface area contributed by atoms with Gasteiger partial charge in [-0.25, -0.2) is 0 Å². The molecule has 3 nitrogen and oxygen atoms in total. The maximum atomic E-state index is 9.35. The molecule has 0 unspecified atom stereocenters. The van der Waals surface area contributed by atoms with E-state index >= 15 is 0 Å². The summed E-state index contributed by atoms with van der Waals surface area (Å²) in [5.74, 6) is 0. The molecular weight excluding hydrogens is 558 g/mol. The van der Waals surface area contributed by atoms with Gasteiger partial charge in [-0.3, -0.25) is 0 Å². The van der Waals surface area contributed by atoms with Crippen LogP contribution in [-0.4, -0.2) is 9.13 Å². The van der Waals surface area contributed by atoms with E-state index in [1.165, 1.54) is 60.4 Å². The SMILES string of the molecule is N#Cc1cccc(-c2ccc(-n3c4ccccc4c4cc(-c5ccc6c(c5)c5ccccc5n6-c5ccccc5)ccc43)cc2)c1. The summed E-state index contributed by atoms with van der Waals surface area (Å²) in [5, 5.41) is 14.3. The zero-order valence-electron chi connectivity index (χ0n) is 24.9. The molecule has 0 radical (unpaired) electrons. The minimum absolute atomic E-state index is 0.667. The van der Waals surface area contributed by atoms with Gasteiger partial charge in [-0.2, -0.15) is 5.26 Å². The van der Waals surface area contributed by atoms with Gasteiger partial charge >= 0.3 is 0 Å². The van der Waals surface area contributed by atoms with Gasteiger partial charge < -0.3 is 9.13 Å². The summed E-state index contributed by atoms with van der Waals surface area (Å²) in [6.07, 6.45) is 0. The van der Waals surface area contributed by atoms with Gasteiger partial charge in [0.1, 0.15) is 0 Å². The summed E-state index contributed by atoms with van der Waals surface area (Å²) in [5.41, 5.74) is 12.2. The van der Waals surface area contributed by atoms with Crippen molar-refractivity contribution in [3.05, 3.63) is 169 Å². The monoisotopic (exact) mass is 585 g/mol. The first kappa shape index (κ1) is 26.1. The van der Waals surface area contributed by atoms with E-state index in [-0.39, 0.29) is 0 Å². The standard InChI is InChI=1S/C43H27N3/c44-28-29-9-8-10-31(25-29)30-17-21-35(22-18-30)46-41-16-7-5-14-37(41)39-27-33(20-24-43(39)46)32-19-23-42-38(26-32)36-13-4-6-15-40(36)45(42)34-11-2-1-3-12-34/h1-27H. The first-order chi connectivity index (χ1) is 22.8. The van der Waals surface area contributed by atoms with Crippen LogP contribution in [0.4, 0.5) is 0 Å². The second-order valence-electron chi connectivity index (χ2n) is 11.7. The molecule has 0 amide bonds. The average Bonchev–Trinajstić information content (AvgIpc) is 3.64. The minimum Gasteiger partial charge on any atom is -0.309 e. The molecule has 0 aliphatic carbocycles. The summed E-state index contributed by atoms with van der Waals surface area (Å²) >= 11 is 0. The smallest absolute Gasteiger partial charge is 0.0991 e. The van der Waals surface area contributed by atoms with Crippen LogP contribution in [0.2, 0.25) is 0 Å². The maximum Gasteiger partial charge on any atom is 0.0991 e. The second kappa shape index (κ2) is 10.4. The van der Waals surface area contributed by atoms with Crippen molar-refractivity contribution in [3.8, 4) is 39.7 Å². The Labute approximate surface area is 266 Å². The van der Waals surface area contributed by atoms with Crippen LogP contribution in [0.5, 0.6) is 0 Å². The summed E-state index contributed by atoms with van der Waals surface area (Å²) < 4.78 is 4.71. The third kappa shape index (κ3) is 4.05. The van der Waals surface area contributed by atoms with Gasteiger partial charge in [0.15, 0.2) is 0 Å². The molecule has 0 saturated heterocycles. The zero-order chi connectivity index (χ0) is 30.6. The molecule has 9 rings (SSSR count). The molecule has 9 aromatic rings. The van der Waals surface area contributed by atoms with Crippen LogP contribution in [0.1, 0.15) is 5.56 Å². The molecule has 2 heterocycles. The lowest BCUT2D eigenvalue weighted by Crippen LogP contribution is -1.94. The maximum absolute atomic E-state index is 9.35. The van der Waals surface area contributed by atoms with Crippen LogP contribution < -0.4 is 0 Å². The Balaban J connectivity index is 1.18. The van der Waals surface area contributed by atoms with Crippen LogP contribution in [0, 0.1) is 11.3 Å². The van der Waals surface area contributed by atoms with E-state index in [0.29, 0.717) is 5.56 Å². The van der Waals surface area contributed by atoms with E-state index in [1.807, 2.05) is 18.2 Å². The van der Waals surface area contributed by atoms with E-state index in [2.05, 4.69) is 161 Å². The molecule has 214 valence electrons. The van der Waals surface area contributed by atoms with Crippen molar-refractivity contribution >= 4 is 43.6 Å². The van der Waals surface area contributed by atoms with Gasteiger partial charge in [0.2, 0.25) is 0 Å². The third-order valence-corrected chi connectivity index (χ3v) is 9.14. The lowest BCUT2D eigenvalue weighted by Gasteiger charge is -2.10. The van der Waals surface area contributed by atoms with Crippen LogP contribution in [0.25, 0.3) is 77.2 Å². The Morgan fingerprint density at radius 1 is 0.348 bits per heavy atom. The first-order valence-electron chi connectivity index (χ1n) is 15.5. The summed E-state index contributed by atoms with van der Waals surface area (Å²) in [6.45, 7) is 0. The number of benzene rings is 7. The van der Waals surface area contributed by atoms with E-state index < -0.39 is 0 Å². The Kier molecular flexibility index (Phi) is 5.88. The Morgan fingerprint density at radius 2 is 0.826 bits per heavy atom. The highest BCUT2D eigenvalue weighted by molar-refractivity contribution is 6.12. The normalized spacial score (nSPS) is 11.5. The molecule has 0 N–H and O–H groups in total. The van der Waals surface area contributed by atoms with Gasteiger partial charge in [-0.05, 0) is 95.1 Å². The minimum atomic E-state index is 0.667. The summed E-state index contributed by atoms with van der Waals surface area (Å²) in [4.78, 5) is 0. The van der Waals surface area contributed by atoms with Crippen LogP contribution >= 0.6 is 0 Å². The summed E-state index contributed by atoms with van der Waals surface area (Å²) in [7, 11) is 0. The van der Waals surface area contributed by atoms with Crippen LogP contribution in [-0.2, 0) is 0 Å². The third-order valence-electron chi connectivity index (χ3n) is 9.14. The van der Waals surface area contributed by atoms with Gasteiger partial charge in [-0.15, -0.1) is 0 Å². The fraction of sp³-hybridized carbons (Fsp3) is 0. The quantitative estimate of drug-likeness (QED) is 0.202. The Morgan fingerprint density at radius 3 is 1.41 bits per heavy atom. The Bertz CT molecular complexity index is 2630. The molecule has 0 bridgehead atoms. The number of rotatable bonds is 4. The molecular formula is C43H27N3. The molecule has 7 aromatic carbocycles. The van der Waals surface area contributed by atoms with Crippen LogP contribution in [0.3, 0.4) is 0 Å². The van der Waals surface area contributed by atoms with Crippen molar-refractivity contribution in [2.75, 3.05) is 0 Å². The van der Waals surface area contributed by atoms with Crippen molar-refractivity contribution < 1.29 is 0 Å². The van der Waals surface area contributed by atoms with Crippen molar-refractivity contribution in [2.24, 2.45) is 0 Å². The van der Waals surface area contributed by atoms with Gasteiger partial charge in [0.25, 0.3) is 0 Å². The number of hydrogen-bond acceptors (Lipinski definition) is 1. The lowest BCUT2D eigenvalue weighted by molar-refractivity contribution is 1.18. The average molecular weight is 586 g/mol. The summed E-state index contributed by atoms with van der Waals surface area (Å²) in [6, 6.07) is 60.3. The topological polar surface area (TPSA) is 33.6 Å². The highest BCUT2D eigenvalue weighted by Gasteiger charge is 2.16. The van der Waals surface area contributed by atoms with Gasteiger partial charge in [0.05, 0.1) is 33.7 Å². The van der Waals surface area contributed by atoms with E-state index in [1.54, 1.807) is 0 Å². The molecule has 0 atom stereocenters. The number of nitriles is 1. The van der Waals surface area contributed by atoms with E-state index in [0.717, 1.165) is 16.8 Å². The van der Waals surface area contributed by atoms with E-state index in [9.17, 15) is 5.26 Å². The van der Waals surface area contributed by atoms with Crippen molar-refractivity contribution in [2.45, 2.75) is 0 Å². The first-order valence-corrected chi connectivity index (χ1v) is 15.5. The number of aromatic nitrogens is 2. The largest absolute Gasteiger partial charge is 0.309 e. The predicted molar refractivity (Wildman–Crippen MR) is 191 cm³/mol. The predicted octanol–water partition coefficient (Wildman–Crippen LogP) is 11.1. The van der Waals surface area contributed by atoms with Crippen molar-refractivity contribution in [3.63, 3.8) is 0 Å². The molecule has 0 spiro atoms. The molecule has 0 aliphatic rings. The lowest BCUT2D eigenvalue weighted by atomic mass is 10.0. The van der Waals surface area contributed by atoms with Gasteiger partial charge in [0, 0.05) is 32.9 Å². The van der Waals surface area contributed by atoms with Crippen molar-refractivity contribution in [1.82, 2.24) is 9.13 Å². The molecule has 2 aromatic heterocycles. The van der Waals surface area contributed by atoms with E-state index in [4.69, 9.17) is 0 Å². The molecule has 3 heteroatoms. The molecule has 0 saturated carbocycles. The Hall–Kier alpha value is -6.37. The number of nitrogens with zero attached hydrogens (tertiary/aromatic N) is 3. The van der Waals surface area contributed by atoms with Crippen LogP contribution in [0.15, 0.2) is 164 Å². The fourth-order valence-electron chi connectivity index (χ4n) is 7.01. The zero-order valence-corrected chi connectivity index (χ0v) is 24.9. The number of para-hydroxylation sites is 3. The molecule has 0 fully saturated rings.